The van der Waals surface area contributed by atoms with Gasteiger partial charge in [-0.2, -0.15) is 0 Å². The Balaban J connectivity index is 1.86. The van der Waals surface area contributed by atoms with Crippen molar-refractivity contribution in [3.8, 4) is 0 Å². The minimum Gasteiger partial charge on any atom is -0.375 e. The van der Waals surface area contributed by atoms with Gasteiger partial charge in [-0.15, -0.1) is 0 Å². The first-order chi connectivity index (χ1) is 9.19. The zero-order valence-electron chi connectivity index (χ0n) is 12.3. The average molecular weight is 268 g/mol. The maximum absolute atomic E-state index is 12.3. The zero-order valence-corrected chi connectivity index (χ0v) is 12.3. The van der Waals surface area contributed by atoms with Gasteiger partial charge in [-0.3, -0.25) is 4.79 Å². The topological polar surface area (TPSA) is 50.4 Å². The van der Waals surface area contributed by atoms with E-state index in [1.54, 1.807) is 0 Å². The molecule has 2 aliphatic rings. The van der Waals surface area contributed by atoms with Crippen molar-refractivity contribution in [2.24, 2.45) is 5.92 Å². The maximum Gasteiger partial charge on any atom is 0.224 e. The Morgan fingerprint density at radius 1 is 1.37 bits per heavy atom. The van der Waals surface area contributed by atoms with E-state index >= 15 is 0 Å². The standard InChI is InChI=1S/C15H28N2O2/c1-3-15(4-2)10-13(7-9-19-15)17-14(18)12-6-5-8-16-11-12/h12-13,16H,3-11H2,1-2H3,(H,17,18). The summed E-state index contributed by atoms with van der Waals surface area (Å²) < 4.78 is 5.96. The molecule has 4 nitrogen and oxygen atoms in total. The monoisotopic (exact) mass is 268 g/mol. The summed E-state index contributed by atoms with van der Waals surface area (Å²) >= 11 is 0. The highest BCUT2D eigenvalue weighted by atomic mass is 16.5. The highest BCUT2D eigenvalue weighted by molar-refractivity contribution is 5.79. The van der Waals surface area contributed by atoms with Gasteiger partial charge in [0.05, 0.1) is 11.5 Å². The second kappa shape index (κ2) is 6.71. The lowest BCUT2D eigenvalue weighted by atomic mass is 9.85. The highest BCUT2D eigenvalue weighted by Gasteiger charge is 2.35. The smallest absolute Gasteiger partial charge is 0.224 e. The van der Waals surface area contributed by atoms with Gasteiger partial charge in [0, 0.05) is 19.2 Å². The second-order valence-corrected chi connectivity index (χ2v) is 5.98. The van der Waals surface area contributed by atoms with Gasteiger partial charge in [0.1, 0.15) is 0 Å². The van der Waals surface area contributed by atoms with Crippen molar-refractivity contribution >= 4 is 5.91 Å². The van der Waals surface area contributed by atoms with Crippen molar-refractivity contribution < 1.29 is 9.53 Å². The van der Waals surface area contributed by atoms with Crippen LogP contribution in [0.15, 0.2) is 0 Å². The first-order valence-corrected chi connectivity index (χ1v) is 7.84. The molecular weight excluding hydrogens is 240 g/mol. The number of hydrogen-bond acceptors (Lipinski definition) is 3. The van der Waals surface area contributed by atoms with E-state index in [0.29, 0.717) is 6.04 Å². The Hall–Kier alpha value is -0.610. The SMILES string of the molecule is CCC1(CC)CC(NC(=O)C2CCCNC2)CCO1. The minimum atomic E-state index is -0.0129. The molecule has 2 saturated heterocycles. The molecule has 0 aromatic heterocycles. The van der Waals surface area contributed by atoms with Gasteiger partial charge < -0.3 is 15.4 Å². The van der Waals surface area contributed by atoms with Crippen LogP contribution in [0.2, 0.25) is 0 Å². The Bertz CT molecular complexity index is 297. The van der Waals surface area contributed by atoms with Crippen LogP contribution in [0.3, 0.4) is 0 Å². The molecular formula is C15H28N2O2. The number of piperidine rings is 1. The Kier molecular flexibility index (Phi) is 5.22. The van der Waals surface area contributed by atoms with Crippen LogP contribution in [0.5, 0.6) is 0 Å². The molecule has 1 amide bonds. The molecule has 19 heavy (non-hydrogen) atoms. The summed E-state index contributed by atoms with van der Waals surface area (Å²) in [7, 11) is 0. The number of nitrogens with one attached hydrogen (secondary N) is 2. The molecule has 2 unspecified atom stereocenters. The van der Waals surface area contributed by atoms with Crippen molar-refractivity contribution in [1.29, 1.82) is 0 Å². The van der Waals surface area contributed by atoms with Crippen molar-refractivity contribution in [2.45, 2.75) is 64.0 Å². The third-order valence-corrected chi connectivity index (χ3v) is 4.80. The summed E-state index contributed by atoms with van der Waals surface area (Å²) in [6.45, 7) is 7.02. The molecule has 110 valence electrons. The summed E-state index contributed by atoms with van der Waals surface area (Å²) in [4.78, 5) is 12.3. The molecule has 2 atom stereocenters. The quantitative estimate of drug-likeness (QED) is 0.818. The van der Waals surface area contributed by atoms with Gasteiger partial charge in [-0.05, 0) is 45.1 Å². The Morgan fingerprint density at radius 2 is 2.16 bits per heavy atom. The number of amides is 1. The van der Waals surface area contributed by atoms with E-state index in [1.165, 1.54) is 0 Å². The fraction of sp³-hybridized carbons (Fsp3) is 0.933. The molecule has 2 fully saturated rings. The van der Waals surface area contributed by atoms with Crippen LogP contribution < -0.4 is 10.6 Å². The van der Waals surface area contributed by atoms with Gasteiger partial charge in [-0.25, -0.2) is 0 Å². The fourth-order valence-corrected chi connectivity index (χ4v) is 3.29. The van der Waals surface area contributed by atoms with Crippen molar-refractivity contribution in [3.63, 3.8) is 0 Å². The van der Waals surface area contributed by atoms with Crippen LogP contribution in [0, 0.1) is 5.92 Å². The van der Waals surface area contributed by atoms with E-state index in [4.69, 9.17) is 4.74 Å². The first-order valence-electron chi connectivity index (χ1n) is 7.84. The predicted molar refractivity (Wildman–Crippen MR) is 76.0 cm³/mol. The third kappa shape index (κ3) is 3.69. The van der Waals surface area contributed by atoms with E-state index in [2.05, 4.69) is 24.5 Å². The predicted octanol–water partition coefficient (Wildman–Crippen LogP) is 1.84. The second-order valence-electron chi connectivity index (χ2n) is 5.98. The van der Waals surface area contributed by atoms with Gasteiger partial charge >= 0.3 is 0 Å². The zero-order chi connectivity index (χ0) is 13.7. The van der Waals surface area contributed by atoms with Crippen LogP contribution in [0.25, 0.3) is 0 Å². The molecule has 0 aromatic carbocycles. The largest absolute Gasteiger partial charge is 0.375 e. The van der Waals surface area contributed by atoms with E-state index in [9.17, 15) is 4.79 Å². The van der Waals surface area contributed by atoms with Gasteiger partial charge in [0.25, 0.3) is 0 Å². The molecule has 0 saturated carbocycles. The molecule has 2 aliphatic heterocycles. The lowest BCUT2D eigenvalue weighted by Gasteiger charge is -2.40. The normalized spacial score (nSPS) is 30.8. The number of carbonyl (C=O) groups is 1. The highest BCUT2D eigenvalue weighted by Crippen LogP contribution is 2.31. The summed E-state index contributed by atoms with van der Waals surface area (Å²) in [6, 6.07) is 0.295. The maximum atomic E-state index is 12.3. The molecule has 0 spiro atoms. The average Bonchev–Trinajstić information content (AvgIpc) is 2.48. The molecule has 2 rings (SSSR count). The molecule has 2 N–H and O–H groups in total. The Morgan fingerprint density at radius 3 is 2.79 bits per heavy atom. The van der Waals surface area contributed by atoms with Crippen LogP contribution in [0.4, 0.5) is 0 Å². The van der Waals surface area contributed by atoms with Crippen molar-refractivity contribution in [3.05, 3.63) is 0 Å². The minimum absolute atomic E-state index is 0.0129. The van der Waals surface area contributed by atoms with Crippen LogP contribution in [-0.4, -0.2) is 37.2 Å². The summed E-state index contributed by atoms with van der Waals surface area (Å²) in [5, 5.41) is 6.56. The van der Waals surface area contributed by atoms with E-state index in [0.717, 1.165) is 58.2 Å². The fourth-order valence-electron chi connectivity index (χ4n) is 3.29. The first kappa shape index (κ1) is 14.8. The molecule has 0 radical (unpaired) electrons. The van der Waals surface area contributed by atoms with Crippen LogP contribution in [-0.2, 0) is 9.53 Å². The molecule has 2 heterocycles. The number of ether oxygens (including phenoxy) is 1. The van der Waals surface area contributed by atoms with E-state index in [1.807, 2.05) is 0 Å². The Labute approximate surface area is 116 Å². The third-order valence-electron chi connectivity index (χ3n) is 4.80. The lowest BCUT2D eigenvalue weighted by molar-refractivity contribution is -0.130. The van der Waals surface area contributed by atoms with Gasteiger partial charge in [0.2, 0.25) is 5.91 Å². The molecule has 4 heteroatoms. The van der Waals surface area contributed by atoms with Crippen molar-refractivity contribution in [2.75, 3.05) is 19.7 Å². The molecule has 0 aliphatic carbocycles. The lowest BCUT2D eigenvalue weighted by Crippen LogP contribution is -2.50. The molecule has 0 bridgehead atoms. The van der Waals surface area contributed by atoms with Crippen LogP contribution in [0.1, 0.15) is 52.4 Å². The van der Waals surface area contributed by atoms with Gasteiger partial charge in [-0.1, -0.05) is 13.8 Å². The summed E-state index contributed by atoms with van der Waals surface area (Å²) in [5.41, 5.74) is -0.0129. The van der Waals surface area contributed by atoms with E-state index in [-0.39, 0.29) is 17.4 Å². The molecule has 0 aromatic rings. The number of hydrogen-bond donors (Lipinski definition) is 2. The summed E-state index contributed by atoms with van der Waals surface area (Å²) in [6.07, 6.45) is 6.11. The van der Waals surface area contributed by atoms with Crippen LogP contribution >= 0.6 is 0 Å². The van der Waals surface area contributed by atoms with Gasteiger partial charge in [0.15, 0.2) is 0 Å². The van der Waals surface area contributed by atoms with Crippen molar-refractivity contribution in [1.82, 2.24) is 10.6 Å². The summed E-state index contributed by atoms with van der Waals surface area (Å²) in [5.74, 6) is 0.398. The number of rotatable bonds is 4. The number of carbonyl (C=O) groups excluding carboxylic acids is 1. The van der Waals surface area contributed by atoms with E-state index < -0.39 is 0 Å².